The highest BCUT2D eigenvalue weighted by atomic mass is 16.3. The molecule has 4 heteroatoms. The van der Waals surface area contributed by atoms with E-state index in [2.05, 4.69) is 13.8 Å². The molecule has 0 bridgehead atoms. The van der Waals surface area contributed by atoms with Gasteiger partial charge in [0, 0.05) is 12.8 Å². The number of hydrogen-bond donors (Lipinski definition) is 2. The third kappa shape index (κ3) is 2.39. The van der Waals surface area contributed by atoms with Crippen molar-refractivity contribution in [3.8, 4) is 0 Å². The van der Waals surface area contributed by atoms with Gasteiger partial charge in [-0.3, -0.25) is 9.59 Å². The summed E-state index contributed by atoms with van der Waals surface area (Å²) in [6.45, 7) is 4.46. The Kier molecular flexibility index (Phi) is 4.16. The van der Waals surface area contributed by atoms with Gasteiger partial charge in [-0.2, -0.15) is 0 Å². The first-order valence-corrected chi connectivity index (χ1v) is 10.2. The number of Topliss-reactive ketones (excluding diaryl/α,β-unsaturated/α-hetero) is 2. The quantitative estimate of drug-likeness (QED) is 0.753. The Bertz CT molecular complexity index is 586. The lowest BCUT2D eigenvalue weighted by molar-refractivity contribution is -0.155. The van der Waals surface area contributed by atoms with Gasteiger partial charge in [0.25, 0.3) is 0 Å². The molecular weight excluding hydrogens is 316 g/mol. The maximum atomic E-state index is 12.2. The summed E-state index contributed by atoms with van der Waals surface area (Å²) in [6.07, 6.45) is 6.84. The SMILES string of the molecule is C[C@]12CC[C@H]3[C@@H](CCC4CC(=O)C(=O)C[C@@]43C)[C@@H]1CC[C@@H]2C(O)CO. The molecule has 8 atom stereocenters. The number of aliphatic hydroxyl groups is 2. The van der Waals surface area contributed by atoms with E-state index in [4.69, 9.17) is 0 Å². The fourth-order valence-electron chi connectivity index (χ4n) is 7.73. The molecule has 0 aromatic carbocycles. The van der Waals surface area contributed by atoms with Gasteiger partial charge in [0.2, 0.25) is 0 Å². The van der Waals surface area contributed by atoms with Crippen molar-refractivity contribution in [1.29, 1.82) is 0 Å². The van der Waals surface area contributed by atoms with Crippen LogP contribution in [0, 0.1) is 40.4 Å². The Morgan fingerprint density at radius 1 is 1.00 bits per heavy atom. The van der Waals surface area contributed by atoms with Crippen LogP contribution in [-0.4, -0.2) is 34.5 Å². The second-order valence-corrected chi connectivity index (χ2v) is 9.86. The summed E-state index contributed by atoms with van der Waals surface area (Å²) in [4.78, 5) is 24.1. The topological polar surface area (TPSA) is 74.6 Å². The molecule has 0 amide bonds. The van der Waals surface area contributed by atoms with Crippen LogP contribution < -0.4 is 0 Å². The van der Waals surface area contributed by atoms with Gasteiger partial charge >= 0.3 is 0 Å². The molecular formula is C21H32O4. The predicted molar refractivity (Wildman–Crippen MR) is 93.7 cm³/mol. The maximum absolute atomic E-state index is 12.2. The van der Waals surface area contributed by atoms with Gasteiger partial charge in [0.1, 0.15) is 0 Å². The second kappa shape index (κ2) is 5.88. The Hall–Kier alpha value is -0.740. The average molecular weight is 348 g/mol. The molecule has 4 fully saturated rings. The van der Waals surface area contributed by atoms with Crippen molar-refractivity contribution in [2.75, 3.05) is 6.61 Å². The molecule has 2 N–H and O–H groups in total. The van der Waals surface area contributed by atoms with Crippen LogP contribution in [0.1, 0.15) is 65.2 Å². The minimum Gasteiger partial charge on any atom is -0.394 e. The Balaban J connectivity index is 1.62. The molecule has 4 saturated carbocycles. The van der Waals surface area contributed by atoms with E-state index in [0.717, 1.165) is 38.5 Å². The fraction of sp³-hybridized carbons (Fsp3) is 0.905. The third-order valence-corrected chi connectivity index (χ3v) is 9.07. The Morgan fingerprint density at radius 3 is 2.44 bits per heavy atom. The molecule has 0 radical (unpaired) electrons. The smallest absolute Gasteiger partial charge is 0.198 e. The van der Waals surface area contributed by atoms with Crippen molar-refractivity contribution in [2.45, 2.75) is 71.3 Å². The molecule has 4 rings (SSSR count). The van der Waals surface area contributed by atoms with Crippen molar-refractivity contribution in [3.05, 3.63) is 0 Å². The second-order valence-electron chi connectivity index (χ2n) is 9.86. The number of fused-ring (bicyclic) bond motifs is 5. The lowest BCUT2D eigenvalue weighted by Gasteiger charge is -2.60. The summed E-state index contributed by atoms with van der Waals surface area (Å²) in [5.74, 6) is 2.01. The van der Waals surface area contributed by atoms with Crippen LogP contribution in [0.15, 0.2) is 0 Å². The molecule has 2 unspecified atom stereocenters. The summed E-state index contributed by atoms with van der Waals surface area (Å²) >= 11 is 0. The van der Waals surface area contributed by atoms with Crippen molar-refractivity contribution < 1.29 is 19.8 Å². The van der Waals surface area contributed by atoms with E-state index in [1.54, 1.807) is 0 Å². The highest BCUT2D eigenvalue weighted by Gasteiger charge is 2.61. The van der Waals surface area contributed by atoms with Crippen LogP contribution in [0.2, 0.25) is 0 Å². The minimum atomic E-state index is -0.604. The van der Waals surface area contributed by atoms with Crippen LogP contribution in [0.4, 0.5) is 0 Å². The van der Waals surface area contributed by atoms with Gasteiger partial charge in [-0.15, -0.1) is 0 Å². The van der Waals surface area contributed by atoms with E-state index in [-0.39, 0.29) is 34.9 Å². The van der Waals surface area contributed by atoms with E-state index in [0.29, 0.717) is 36.5 Å². The molecule has 0 aromatic rings. The first-order valence-electron chi connectivity index (χ1n) is 10.2. The van der Waals surface area contributed by atoms with Gasteiger partial charge in [-0.05, 0) is 78.9 Å². The van der Waals surface area contributed by atoms with Crippen LogP contribution in [0.25, 0.3) is 0 Å². The molecule has 4 aliphatic rings. The van der Waals surface area contributed by atoms with E-state index < -0.39 is 6.10 Å². The first-order chi connectivity index (χ1) is 11.8. The number of hydrogen-bond acceptors (Lipinski definition) is 4. The lowest BCUT2D eigenvalue weighted by atomic mass is 9.44. The molecule has 4 aliphatic carbocycles. The first kappa shape index (κ1) is 17.7. The van der Waals surface area contributed by atoms with E-state index >= 15 is 0 Å². The maximum Gasteiger partial charge on any atom is 0.198 e. The molecule has 25 heavy (non-hydrogen) atoms. The number of carbonyl (C=O) groups excluding carboxylic acids is 2. The summed E-state index contributed by atoms with van der Waals surface area (Å²) in [6, 6.07) is 0. The molecule has 4 nitrogen and oxygen atoms in total. The van der Waals surface area contributed by atoms with E-state index in [1.165, 1.54) is 0 Å². The number of aliphatic hydroxyl groups excluding tert-OH is 2. The summed E-state index contributed by atoms with van der Waals surface area (Å²) in [5.41, 5.74) is 0.101. The normalized spacial score (nSPS) is 50.8. The highest BCUT2D eigenvalue weighted by Crippen LogP contribution is 2.67. The molecule has 140 valence electrons. The molecule has 0 heterocycles. The average Bonchev–Trinajstić information content (AvgIpc) is 2.93. The molecule has 0 aliphatic heterocycles. The predicted octanol–water partition coefficient (Wildman–Crippen LogP) is 2.75. The summed E-state index contributed by atoms with van der Waals surface area (Å²) in [7, 11) is 0. The van der Waals surface area contributed by atoms with Gasteiger partial charge in [-0.1, -0.05) is 13.8 Å². The van der Waals surface area contributed by atoms with E-state index in [1.807, 2.05) is 0 Å². The molecule has 0 spiro atoms. The van der Waals surface area contributed by atoms with Crippen molar-refractivity contribution in [3.63, 3.8) is 0 Å². The van der Waals surface area contributed by atoms with Gasteiger partial charge in [0.05, 0.1) is 12.7 Å². The Morgan fingerprint density at radius 2 is 1.72 bits per heavy atom. The molecule has 0 saturated heterocycles. The van der Waals surface area contributed by atoms with Gasteiger partial charge < -0.3 is 10.2 Å². The number of carbonyl (C=O) groups is 2. The monoisotopic (exact) mass is 348 g/mol. The zero-order chi connectivity index (χ0) is 18.0. The van der Waals surface area contributed by atoms with Crippen LogP contribution >= 0.6 is 0 Å². The molecule has 0 aromatic heterocycles. The fourth-order valence-corrected chi connectivity index (χ4v) is 7.73. The largest absolute Gasteiger partial charge is 0.394 e. The zero-order valence-electron chi connectivity index (χ0n) is 15.5. The number of ketones is 2. The standard InChI is InChI=1S/C21H32O4/c1-20-8-7-15-13(14(20)5-6-16(20)19(25)11-22)4-3-12-9-17(23)18(24)10-21(12,15)2/h12-16,19,22,25H,3-11H2,1-2H3/t12?,13-,14-,15-,16+,19?,20-,21-/m0/s1. The third-order valence-electron chi connectivity index (χ3n) is 9.07. The lowest BCUT2D eigenvalue weighted by Crippen LogP contribution is -2.55. The minimum absolute atomic E-state index is 0.0110. The van der Waals surface area contributed by atoms with Crippen LogP contribution in [0.5, 0.6) is 0 Å². The Labute approximate surface area is 150 Å². The van der Waals surface area contributed by atoms with E-state index in [9.17, 15) is 19.8 Å². The van der Waals surface area contributed by atoms with Crippen molar-refractivity contribution >= 4 is 11.6 Å². The zero-order valence-corrected chi connectivity index (χ0v) is 15.5. The summed E-state index contributed by atoms with van der Waals surface area (Å²) in [5, 5.41) is 19.8. The van der Waals surface area contributed by atoms with Gasteiger partial charge in [-0.25, -0.2) is 0 Å². The van der Waals surface area contributed by atoms with Crippen LogP contribution in [0.3, 0.4) is 0 Å². The highest BCUT2D eigenvalue weighted by molar-refractivity contribution is 6.38. The number of rotatable bonds is 2. The van der Waals surface area contributed by atoms with Crippen LogP contribution in [-0.2, 0) is 9.59 Å². The van der Waals surface area contributed by atoms with Crippen molar-refractivity contribution in [1.82, 2.24) is 0 Å². The van der Waals surface area contributed by atoms with Crippen molar-refractivity contribution in [2.24, 2.45) is 40.4 Å². The van der Waals surface area contributed by atoms with Gasteiger partial charge in [0.15, 0.2) is 11.6 Å². The summed E-state index contributed by atoms with van der Waals surface area (Å²) < 4.78 is 0.